The number of nitrogens with zero attached hydrogens (tertiary/aromatic N) is 5. The van der Waals surface area contributed by atoms with Gasteiger partial charge < -0.3 is 19.5 Å². The molecule has 3 fully saturated rings. The number of aliphatic carboxylic acids is 1. The molecule has 0 saturated heterocycles. The van der Waals surface area contributed by atoms with Crippen molar-refractivity contribution in [1.29, 1.82) is 0 Å². The lowest BCUT2D eigenvalue weighted by Crippen LogP contribution is -2.51. The molecule has 200 valence electrons. The first-order chi connectivity index (χ1) is 17.6. The third-order valence-electron chi connectivity index (χ3n) is 7.54. The van der Waals surface area contributed by atoms with Crippen LogP contribution in [-0.4, -0.2) is 67.2 Å². The molecule has 0 unspecified atom stereocenters. The average Bonchev–Trinajstić information content (AvgIpc) is 3.63. The van der Waals surface area contributed by atoms with Gasteiger partial charge in [0.2, 0.25) is 0 Å². The Kier molecular flexibility index (Phi) is 6.76. The van der Waals surface area contributed by atoms with Gasteiger partial charge in [-0.05, 0) is 50.7 Å². The third kappa shape index (κ3) is 5.52. The van der Waals surface area contributed by atoms with E-state index >= 15 is 0 Å². The molecule has 1 N–H and O–H groups in total. The quantitative estimate of drug-likeness (QED) is 0.553. The van der Waals surface area contributed by atoms with Gasteiger partial charge in [0.1, 0.15) is 23.7 Å². The van der Waals surface area contributed by atoms with Crippen LogP contribution in [-0.2, 0) is 23.2 Å². The SMILES string of the molecule is CN(C(=O)OCc1c(-c2ccc(O[C@H]3CCC[C@H](C(=O)O)C3)c(C3CC3)n2)nnn1C)C1CC(F)(F)C1. The summed E-state index contributed by atoms with van der Waals surface area (Å²) in [4.78, 5) is 29.9. The molecule has 3 aliphatic carbocycles. The van der Waals surface area contributed by atoms with Gasteiger partial charge in [-0.2, -0.15) is 0 Å². The van der Waals surface area contributed by atoms with E-state index in [1.165, 1.54) is 16.6 Å². The van der Waals surface area contributed by atoms with Crippen molar-refractivity contribution in [1.82, 2.24) is 24.9 Å². The molecule has 0 bridgehead atoms. The largest absolute Gasteiger partial charge is 0.488 e. The van der Waals surface area contributed by atoms with Gasteiger partial charge in [-0.15, -0.1) is 5.10 Å². The molecule has 5 rings (SSSR count). The number of aryl methyl sites for hydroxylation is 1. The summed E-state index contributed by atoms with van der Waals surface area (Å²) in [6, 6.07) is 3.07. The minimum atomic E-state index is -2.73. The third-order valence-corrected chi connectivity index (χ3v) is 7.54. The number of carboxylic acid groups (broad SMARTS) is 1. The number of ether oxygens (including phenoxy) is 2. The number of hydrogen-bond donors (Lipinski definition) is 1. The Bertz CT molecular complexity index is 1180. The van der Waals surface area contributed by atoms with Crippen molar-refractivity contribution < 1.29 is 33.0 Å². The van der Waals surface area contributed by atoms with Crippen LogP contribution < -0.4 is 4.74 Å². The predicted molar refractivity (Wildman–Crippen MR) is 126 cm³/mol. The molecule has 37 heavy (non-hydrogen) atoms. The van der Waals surface area contributed by atoms with Crippen LogP contribution in [0.25, 0.3) is 11.4 Å². The van der Waals surface area contributed by atoms with Crippen LogP contribution in [0.2, 0.25) is 0 Å². The molecule has 10 nitrogen and oxygen atoms in total. The number of alkyl halides is 2. The van der Waals surface area contributed by atoms with Gasteiger partial charge in [0, 0.05) is 38.9 Å². The maximum atomic E-state index is 13.2. The van der Waals surface area contributed by atoms with Crippen LogP contribution in [0.1, 0.15) is 68.7 Å². The highest BCUT2D eigenvalue weighted by Gasteiger charge is 2.48. The van der Waals surface area contributed by atoms with Crippen LogP contribution >= 0.6 is 0 Å². The van der Waals surface area contributed by atoms with Gasteiger partial charge >= 0.3 is 12.1 Å². The lowest BCUT2D eigenvalue weighted by atomic mass is 9.87. The fraction of sp³-hybridized carbons (Fsp3) is 0.640. The monoisotopic (exact) mass is 519 g/mol. The molecule has 3 aliphatic rings. The van der Waals surface area contributed by atoms with Gasteiger partial charge in [0.25, 0.3) is 5.92 Å². The van der Waals surface area contributed by atoms with Crippen molar-refractivity contribution in [3.63, 3.8) is 0 Å². The van der Waals surface area contributed by atoms with Crippen molar-refractivity contribution in [3.05, 3.63) is 23.5 Å². The molecule has 2 atom stereocenters. The summed E-state index contributed by atoms with van der Waals surface area (Å²) in [6.07, 6.45) is 3.18. The first kappa shape index (κ1) is 25.3. The number of pyridine rings is 1. The fourth-order valence-electron chi connectivity index (χ4n) is 5.02. The second kappa shape index (κ2) is 9.86. The molecular formula is C25H31F2N5O5. The van der Waals surface area contributed by atoms with E-state index in [2.05, 4.69) is 10.3 Å². The van der Waals surface area contributed by atoms with E-state index in [0.29, 0.717) is 35.7 Å². The van der Waals surface area contributed by atoms with E-state index in [4.69, 9.17) is 14.5 Å². The van der Waals surface area contributed by atoms with E-state index in [1.54, 1.807) is 13.1 Å². The highest BCUT2D eigenvalue weighted by atomic mass is 19.3. The number of hydrogen-bond acceptors (Lipinski definition) is 7. The van der Waals surface area contributed by atoms with Crippen LogP contribution in [0, 0.1) is 5.92 Å². The van der Waals surface area contributed by atoms with Crippen LogP contribution in [0.5, 0.6) is 5.75 Å². The zero-order valence-electron chi connectivity index (χ0n) is 20.9. The maximum absolute atomic E-state index is 13.2. The number of amides is 1. The molecule has 2 aromatic heterocycles. The normalized spacial score (nSPS) is 23.2. The fourth-order valence-corrected chi connectivity index (χ4v) is 5.02. The van der Waals surface area contributed by atoms with Gasteiger partial charge in [-0.1, -0.05) is 5.21 Å². The van der Waals surface area contributed by atoms with Crippen LogP contribution in [0.15, 0.2) is 12.1 Å². The minimum absolute atomic E-state index is 0.136. The summed E-state index contributed by atoms with van der Waals surface area (Å²) in [7, 11) is 3.13. The lowest BCUT2D eigenvalue weighted by molar-refractivity contribution is -0.143. The first-order valence-corrected chi connectivity index (χ1v) is 12.7. The Hall–Kier alpha value is -3.31. The predicted octanol–water partition coefficient (Wildman–Crippen LogP) is 4.14. The lowest BCUT2D eigenvalue weighted by Gasteiger charge is -2.40. The molecule has 0 radical (unpaired) electrons. The summed E-state index contributed by atoms with van der Waals surface area (Å²) >= 11 is 0. The summed E-state index contributed by atoms with van der Waals surface area (Å²) in [5.41, 5.74) is 2.37. The molecule has 0 aromatic carbocycles. The molecule has 2 heterocycles. The molecule has 2 aromatic rings. The van der Waals surface area contributed by atoms with E-state index in [-0.39, 0.29) is 37.4 Å². The highest BCUT2D eigenvalue weighted by Crippen LogP contribution is 2.45. The number of carboxylic acids is 1. The van der Waals surface area contributed by atoms with E-state index in [0.717, 1.165) is 31.4 Å². The topological polar surface area (TPSA) is 120 Å². The van der Waals surface area contributed by atoms with E-state index in [9.17, 15) is 23.5 Å². The van der Waals surface area contributed by atoms with Crippen LogP contribution in [0.3, 0.4) is 0 Å². The van der Waals surface area contributed by atoms with Gasteiger partial charge in [0.05, 0.1) is 23.4 Å². The Morgan fingerprint density at radius 1 is 1.22 bits per heavy atom. The summed E-state index contributed by atoms with van der Waals surface area (Å²) in [5.74, 6) is -2.97. The smallest absolute Gasteiger partial charge is 0.410 e. The first-order valence-electron chi connectivity index (χ1n) is 12.7. The van der Waals surface area contributed by atoms with Crippen molar-refractivity contribution >= 4 is 12.1 Å². The maximum Gasteiger partial charge on any atom is 0.410 e. The van der Waals surface area contributed by atoms with Gasteiger partial charge in [-0.25, -0.2) is 23.2 Å². The van der Waals surface area contributed by atoms with Crippen molar-refractivity contribution in [2.75, 3.05) is 7.05 Å². The van der Waals surface area contributed by atoms with Gasteiger partial charge in [0.15, 0.2) is 0 Å². The highest BCUT2D eigenvalue weighted by molar-refractivity contribution is 5.70. The van der Waals surface area contributed by atoms with Crippen LogP contribution in [0.4, 0.5) is 13.6 Å². The Morgan fingerprint density at radius 2 is 1.97 bits per heavy atom. The van der Waals surface area contributed by atoms with Crippen molar-refractivity contribution in [2.45, 2.75) is 82.0 Å². The Morgan fingerprint density at radius 3 is 2.65 bits per heavy atom. The Balaban J connectivity index is 1.29. The number of rotatable bonds is 8. The second-order valence-electron chi connectivity index (χ2n) is 10.4. The molecule has 3 saturated carbocycles. The zero-order valence-corrected chi connectivity index (χ0v) is 20.9. The van der Waals surface area contributed by atoms with Crippen molar-refractivity contribution in [3.8, 4) is 17.1 Å². The zero-order chi connectivity index (χ0) is 26.3. The van der Waals surface area contributed by atoms with E-state index in [1.807, 2.05) is 6.07 Å². The molecule has 0 spiro atoms. The molecular weight excluding hydrogens is 488 g/mol. The van der Waals surface area contributed by atoms with E-state index < -0.39 is 24.0 Å². The van der Waals surface area contributed by atoms with Crippen molar-refractivity contribution in [2.24, 2.45) is 13.0 Å². The number of halogens is 2. The average molecular weight is 520 g/mol. The summed E-state index contributed by atoms with van der Waals surface area (Å²) < 4.78 is 39.5. The standard InChI is InChI=1S/C25H31F2N5O5/c1-31(16-11-25(26,27)12-16)24(35)36-13-19-22(29-30-32(19)2)18-8-9-20(21(28-18)14-6-7-14)37-17-5-3-4-15(10-17)23(33)34/h8-9,14-17H,3-7,10-13H2,1-2H3,(H,33,34)/t15-,17-/m0/s1. The summed E-state index contributed by atoms with van der Waals surface area (Å²) in [5, 5.41) is 17.7. The summed E-state index contributed by atoms with van der Waals surface area (Å²) in [6.45, 7) is -0.136. The second-order valence-corrected chi connectivity index (χ2v) is 10.4. The van der Waals surface area contributed by atoms with Gasteiger partial charge in [-0.3, -0.25) is 4.79 Å². The number of aromatic nitrogens is 4. The molecule has 12 heteroatoms. The number of carbonyl (C=O) groups excluding carboxylic acids is 1. The minimum Gasteiger partial charge on any atom is -0.488 e. The molecule has 0 aliphatic heterocycles. The Labute approximate surface area is 212 Å². The molecule has 1 amide bonds. The number of carbonyl (C=O) groups is 2.